The predicted octanol–water partition coefficient (Wildman–Crippen LogP) is 1.12. The Morgan fingerprint density at radius 1 is 1.53 bits per heavy atom. The summed E-state index contributed by atoms with van der Waals surface area (Å²) in [4.78, 5) is 0. The second-order valence-electron chi connectivity index (χ2n) is 4.19. The van der Waals surface area contributed by atoms with Crippen molar-refractivity contribution in [2.45, 2.75) is 25.4 Å². The van der Waals surface area contributed by atoms with Crippen LogP contribution in [0, 0.1) is 5.92 Å². The van der Waals surface area contributed by atoms with Crippen LogP contribution in [0.1, 0.15) is 19.3 Å². The van der Waals surface area contributed by atoms with Gasteiger partial charge in [-0.1, -0.05) is 0 Å². The standard InChI is InChI=1S/C11H23NO2S/c1-15-6-2-5-12-7-11(13)9-14-8-10-3-4-10/h10-13H,2-9H2,1H3. The topological polar surface area (TPSA) is 41.5 Å². The molecule has 2 N–H and O–H groups in total. The highest BCUT2D eigenvalue weighted by molar-refractivity contribution is 7.98. The maximum Gasteiger partial charge on any atom is 0.0897 e. The average Bonchev–Trinajstić information content (AvgIpc) is 3.01. The van der Waals surface area contributed by atoms with Gasteiger partial charge in [-0.15, -0.1) is 0 Å². The first-order chi connectivity index (χ1) is 7.33. The fourth-order valence-electron chi connectivity index (χ4n) is 1.32. The Morgan fingerprint density at radius 2 is 2.33 bits per heavy atom. The van der Waals surface area contributed by atoms with Gasteiger partial charge in [-0.05, 0) is 43.7 Å². The van der Waals surface area contributed by atoms with Crippen LogP contribution in [0.3, 0.4) is 0 Å². The van der Waals surface area contributed by atoms with Crippen LogP contribution in [0.15, 0.2) is 0 Å². The Bertz CT molecular complexity index is 154. The van der Waals surface area contributed by atoms with Gasteiger partial charge in [0.25, 0.3) is 0 Å². The molecular weight excluding hydrogens is 210 g/mol. The molecule has 0 aromatic rings. The number of nitrogens with one attached hydrogen (secondary N) is 1. The lowest BCUT2D eigenvalue weighted by atomic mass is 10.3. The molecule has 1 aliphatic carbocycles. The van der Waals surface area contributed by atoms with Gasteiger partial charge in [-0.25, -0.2) is 0 Å². The van der Waals surface area contributed by atoms with Crippen LogP contribution >= 0.6 is 11.8 Å². The molecule has 0 aromatic carbocycles. The molecule has 0 aliphatic heterocycles. The van der Waals surface area contributed by atoms with E-state index in [-0.39, 0.29) is 6.10 Å². The SMILES string of the molecule is CSCCCNCC(O)COCC1CC1. The van der Waals surface area contributed by atoms with Gasteiger partial charge in [0.2, 0.25) is 0 Å². The van der Waals surface area contributed by atoms with Crippen LogP contribution in [0.4, 0.5) is 0 Å². The molecule has 0 heterocycles. The summed E-state index contributed by atoms with van der Waals surface area (Å²) in [7, 11) is 0. The van der Waals surface area contributed by atoms with Crippen molar-refractivity contribution in [3.8, 4) is 0 Å². The minimum Gasteiger partial charge on any atom is -0.389 e. The second kappa shape index (κ2) is 8.39. The van der Waals surface area contributed by atoms with Crippen molar-refractivity contribution >= 4 is 11.8 Å². The van der Waals surface area contributed by atoms with Gasteiger partial charge in [0, 0.05) is 13.2 Å². The number of thioether (sulfide) groups is 1. The minimum absolute atomic E-state index is 0.349. The van der Waals surface area contributed by atoms with Gasteiger partial charge < -0.3 is 15.2 Å². The van der Waals surface area contributed by atoms with E-state index in [1.807, 2.05) is 11.8 Å². The number of hydrogen-bond donors (Lipinski definition) is 2. The van der Waals surface area contributed by atoms with E-state index in [2.05, 4.69) is 11.6 Å². The highest BCUT2D eigenvalue weighted by atomic mass is 32.2. The summed E-state index contributed by atoms with van der Waals surface area (Å²) in [5.41, 5.74) is 0. The van der Waals surface area contributed by atoms with Crippen molar-refractivity contribution in [3.05, 3.63) is 0 Å². The molecule has 0 spiro atoms. The fourth-order valence-corrected chi connectivity index (χ4v) is 1.76. The molecule has 0 radical (unpaired) electrons. The first kappa shape index (κ1) is 13.3. The molecular formula is C11H23NO2S. The van der Waals surface area contributed by atoms with Crippen LogP contribution in [-0.4, -0.2) is 49.5 Å². The molecule has 1 atom stereocenters. The van der Waals surface area contributed by atoms with E-state index in [1.165, 1.54) is 18.6 Å². The predicted molar refractivity (Wildman–Crippen MR) is 65.4 cm³/mol. The molecule has 1 unspecified atom stereocenters. The molecule has 0 aromatic heterocycles. The van der Waals surface area contributed by atoms with E-state index < -0.39 is 0 Å². The summed E-state index contributed by atoms with van der Waals surface area (Å²) >= 11 is 1.86. The van der Waals surface area contributed by atoms with Gasteiger partial charge in [0.1, 0.15) is 0 Å². The van der Waals surface area contributed by atoms with Crippen LogP contribution in [0.2, 0.25) is 0 Å². The minimum atomic E-state index is -0.349. The number of aliphatic hydroxyl groups excluding tert-OH is 1. The molecule has 0 saturated heterocycles. The van der Waals surface area contributed by atoms with E-state index in [9.17, 15) is 5.11 Å². The summed E-state index contributed by atoms with van der Waals surface area (Å²) in [5.74, 6) is 1.97. The van der Waals surface area contributed by atoms with Crippen molar-refractivity contribution in [3.63, 3.8) is 0 Å². The van der Waals surface area contributed by atoms with Gasteiger partial charge in [-0.3, -0.25) is 0 Å². The van der Waals surface area contributed by atoms with Crippen LogP contribution in [0.25, 0.3) is 0 Å². The third-order valence-electron chi connectivity index (χ3n) is 2.44. The maximum atomic E-state index is 9.55. The Hall–Kier alpha value is 0.230. The lowest BCUT2D eigenvalue weighted by Crippen LogP contribution is -2.31. The Balaban J connectivity index is 1.77. The van der Waals surface area contributed by atoms with Gasteiger partial charge in [-0.2, -0.15) is 11.8 Å². The van der Waals surface area contributed by atoms with E-state index in [4.69, 9.17) is 4.74 Å². The Morgan fingerprint density at radius 3 is 3.00 bits per heavy atom. The van der Waals surface area contributed by atoms with Gasteiger partial charge >= 0.3 is 0 Å². The van der Waals surface area contributed by atoms with E-state index in [1.54, 1.807) is 0 Å². The number of ether oxygens (including phenoxy) is 1. The van der Waals surface area contributed by atoms with Gasteiger partial charge in [0.05, 0.1) is 12.7 Å². The highest BCUT2D eigenvalue weighted by Crippen LogP contribution is 2.28. The van der Waals surface area contributed by atoms with Crippen molar-refractivity contribution in [2.24, 2.45) is 5.92 Å². The molecule has 1 aliphatic rings. The molecule has 1 rings (SSSR count). The molecule has 1 saturated carbocycles. The second-order valence-corrected chi connectivity index (χ2v) is 5.17. The average molecular weight is 233 g/mol. The third kappa shape index (κ3) is 8.08. The van der Waals surface area contributed by atoms with Gasteiger partial charge in [0.15, 0.2) is 0 Å². The van der Waals surface area contributed by atoms with Crippen molar-refractivity contribution in [1.29, 1.82) is 0 Å². The van der Waals surface area contributed by atoms with E-state index in [0.29, 0.717) is 13.2 Å². The molecule has 3 nitrogen and oxygen atoms in total. The molecule has 4 heteroatoms. The zero-order valence-corrected chi connectivity index (χ0v) is 10.4. The Labute approximate surface area is 97.0 Å². The summed E-state index contributed by atoms with van der Waals surface area (Å²) in [6.45, 7) is 2.95. The lowest BCUT2D eigenvalue weighted by molar-refractivity contribution is 0.0327. The normalized spacial score (nSPS) is 18.0. The fraction of sp³-hybridized carbons (Fsp3) is 1.00. The summed E-state index contributed by atoms with van der Waals surface area (Å²) in [6.07, 6.45) is 5.54. The third-order valence-corrected chi connectivity index (χ3v) is 3.14. The summed E-state index contributed by atoms with van der Waals surface area (Å²) < 4.78 is 5.40. The number of rotatable bonds is 10. The largest absolute Gasteiger partial charge is 0.389 e. The quantitative estimate of drug-likeness (QED) is 0.555. The maximum absolute atomic E-state index is 9.55. The molecule has 1 fully saturated rings. The number of aliphatic hydroxyl groups is 1. The molecule has 90 valence electrons. The molecule has 0 amide bonds. The molecule has 15 heavy (non-hydrogen) atoms. The van der Waals surface area contributed by atoms with Crippen LogP contribution in [-0.2, 0) is 4.74 Å². The zero-order chi connectivity index (χ0) is 10.9. The van der Waals surface area contributed by atoms with E-state index >= 15 is 0 Å². The number of hydrogen-bond acceptors (Lipinski definition) is 4. The van der Waals surface area contributed by atoms with Crippen molar-refractivity contribution in [2.75, 3.05) is 38.3 Å². The zero-order valence-electron chi connectivity index (χ0n) is 9.58. The molecule has 0 bridgehead atoms. The van der Waals surface area contributed by atoms with Crippen LogP contribution in [0.5, 0.6) is 0 Å². The smallest absolute Gasteiger partial charge is 0.0897 e. The lowest BCUT2D eigenvalue weighted by Gasteiger charge is -2.11. The summed E-state index contributed by atoms with van der Waals surface area (Å²) in [5, 5.41) is 12.8. The highest BCUT2D eigenvalue weighted by Gasteiger charge is 2.21. The first-order valence-corrected chi connectivity index (χ1v) is 7.17. The van der Waals surface area contributed by atoms with Crippen LogP contribution < -0.4 is 5.32 Å². The summed E-state index contributed by atoms with van der Waals surface area (Å²) in [6, 6.07) is 0. The van der Waals surface area contributed by atoms with Crippen molar-refractivity contribution in [1.82, 2.24) is 5.32 Å². The Kier molecular flexibility index (Phi) is 7.44. The monoisotopic (exact) mass is 233 g/mol. The first-order valence-electron chi connectivity index (χ1n) is 5.78. The van der Waals surface area contributed by atoms with E-state index in [0.717, 1.165) is 25.5 Å². The van der Waals surface area contributed by atoms with Crippen molar-refractivity contribution < 1.29 is 9.84 Å².